The van der Waals surface area contributed by atoms with E-state index < -0.39 is 4.92 Å². The molecule has 0 aliphatic heterocycles. The summed E-state index contributed by atoms with van der Waals surface area (Å²) < 4.78 is 0. The van der Waals surface area contributed by atoms with E-state index in [1.807, 2.05) is 0 Å². The van der Waals surface area contributed by atoms with Crippen LogP contribution in [0.2, 0.25) is 0 Å². The quantitative estimate of drug-likeness (QED) is 0.419. The predicted molar refractivity (Wildman–Crippen MR) is 90.7 cm³/mol. The van der Waals surface area contributed by atoms with Crippen molar-refractivity contribution in [1.29, 1.82) is 0 Å². The van der Waals surface area contributed by atoms with E-state index >= 15 is 0 Å². The molecule has 0 aliphatic carbocycles. The lowest BCUT2D eigenvalue weighted by atomic mass is 10.1. The first-order valence-corrected chi connectivity index (χ1v) is 7.79. The highest BCUT2D eigenvalue weighted by atomic mass is 32.1. The van der Waals surface area contributed by atoms with Gasteiger partial charge in [-0.15, -0.1) is 11.3 Å². The number of nitro benzene ring substituents is 1. The number of thiazole rings is 1. The molecule has 0 radical (unpaired) electrons. The summed E-state index contributed by atoms with van der Waals surface area (Å²) in [7, 11) is 0. The van der Waals surface area contributed by atoms with Gasteiger partial charge in [0.15, 0.2) is 0 Å². The van der Waals surface area contributed by atoms with Gasteiger partial charge >= 0.3 is 0 Å². The van der Waals surface area contributed by atoms with Crippen LogP contribution in [0.1, 0.15) is 5.56 Å². The summed E-state index contributed by atoms with van der Waals surface area (Å²) in [5.41, 5.74) is 0.764. The van der Waals surface area contributed by atoms with Gasteiger partial charge in [-0.1, -0.05) is 11.8 Å². The second-order valence-electron chi connectivity index (χ2n) is 4.95. The van der Waals surface area contributed by atoms with Crippen molar-refractivity contribution in [2.75, 3.05) is 0 Å². The SMILES string of the molecule is O=[N+]([O-])c1ccc([O-])c(/C=N/c2nc(-c3ccc(O)cc3O)cs2)c1. The van der Waals surface area contributed by atoms with E-state index in [1.54, 1.807) is 5.38 Å². The lowest BCUT2D eigenvalue weighted by molar-refractivity contribution is -0.385. The van der Waals surface area contributed by atoms with Crippen LogP contribution in [0.3, 0.4) is 0 Å². The maximum Gasteiger partial charge on any atom is 0.270 e. The van der Waals surface area contributed by atoms with Gasteiger partial charge in [-0.25, -0.2) is 9.98 Å². The number of aliphatic imine (C=N–C) groups is 1. The molecule has 0 bridgehead atoms. The molecule has 1 heterocycles. The molecule has 0 saturated heterocycles. The Labute approximate surface area is 145 Å². The topological polar surface area (TPSA) is 132 Å². The van der Waals surface area contributed by atoms with Crippen LogP contribution in [-0.4, -0.2) is 26.3 Å². The second-order valence-corrected chi connectivity index (χ2v) is 5.79. The van der Waals surface area contributed by atoms with Gasteiger partial charge in [0.25, 0.3) is 5.69 Å². The van der Waals surface area contributed by atoms with Crippen LogP contribution in [0.4, 0.5) is 10.8 Å². The Hall–Kier alpha value is -3.46. The van der Waals surface area contributed by atoms with Gasteiger partial charge in [0.05, 0.1) is 10.6 Å². The van der Waals surface area contributed by atoms with Crippen molar-refractivity contribution in [3.8, 4) is 28.5 Å². The van der Waals surface area contributed by atoms with Crippen LogP contribution in [0, 0.1) is 10.1 Å². The molecule has 0 amide bonds. The molecule has 126 valence electrons. The van der Waals surface area contributed by atoms with E-state index in [1.165, 1.54) is 35.8 Å². The number of hydrogen-bond donors (Lipinski definition) is 2. The number of aromatic hydroxyl groups is 2. The molecule has 2 N–H and O–H groups in total. The molecular formula is C16H10N3O5S-. The third-order valence-corrected chi connectivity index (χ3v) is 4.02. The number of phenols is 2. The summed E-state index contributed by atoms with van der Waals surface area (Å²) in [5.74, 6) is -0.577. The summed E-state index contributed by atoms with van der Waals surface area (Å²) in [6, 6.07) is 7.53. The number of hydrogen-bond acceptors (Lipinski definition) is 8. The molecule has 2 aromatic carbocycles. The molecule has 0 spiro atoms. The van der Waals surface area contributed by atoms with Gasteiger partial charge < -0.3 is 15.3 Å². The molecule has 9 heteroatoms. The maximum absolute atomic E-state index is 11.7. The van der Waals surface area contributed by atoms with Crippen molar-refractivity contribution >= 4 is 28.4 Å². The minimum absolute atomic E-state index is 0.0663. The maximum atomic E-state index is 11.7. The standard InChI is InChI=1S/C16H11N3O5S/c20-11-2-3-12(15(22)6-11)13-8-25-16(18-13)17-7-9-5-10(19(23)24)1-4-14(9)21/h1-8,20-22H/p-1/b17-7+. The molecule has 3 rings (SSSR count). The molecule has 0 fully saturated rings. The van der Waals surface area contributed by atoms with Gasteiger partial charge in [0, 0.05) is 35.4 Å². The predicted octanol–water partition coefficient (Wildman–Crippen LogP) is 2.95. The van der Waals surface area contributed by atoms with Gasteiger partial charge in [-0.05, 0) is 17.7 Å². The Kier molecular flexibility index (Phi) is 4.31. The number of phenolic OH excluding ortho intramolecular Hbond substituents is 2. The Morgan fingerprint density at radius 1 is 1.20 bits per heavy atom. The van der Waals surface area contributed by atoms with Crippen molar-refractivity contribution in [3.63, 3.8) is 0 Å². The Balaban J connectivity index is 1.87. The summed E-state index contributed by atoms with van der Waals surface area (Å²) >= 11 is 1.17. The monoisotopic (exact) mass is 356 g/mol. The third kappa shape index (κ3) is 3.56. The van der Waals surface area contributed by atoms with Crippen LogP contribution < -0.4 is 5.11 Å². The molecule has 0 aliphatic rings. The van der Waals surface area contributed by atoms with Gasteiger partial charge in [-0.3, -0.25) is 10.1 Å². The zero-order valence-electron chi connectivity index (χ0n) is 12.5. The molecule has 0 atom stereocenters. The zero-order chi connectivity index (χ0) is 18.0. The lowest BCUT2D eigenvalue weighted by Gasteiger charge is -2.08. The number of non-ortho nitro benzene ring substituents is 1. The molecule has 0 unspecified atom stereocenters. The fraction of sp³-hybridized carbons (Fsp3) is 0. The van der Waals surface area contributed by atoms with Crippen molar-refractivity contribution in [1.82, 2.24) is 4.98 Å². The molecule has 25 heavy (non-hydrogen) atoms. The minimum Gasteiger partial charge on any atom is -0.872 e. The number of nitrogens with zero attached hydrogens (tertiary/aromatic N) is 3. The first-order chi connectivity index (χ1) is 11.9. The average molecular weight is 356 g/mol. The molecule has 3 aromatic rings. The van der Waals surface area contributed by atoms with Gasteiger partial charge in [-0.2, -0.15) is 0 Å². The van der Waals surface area contributed by atoms with Crippen LogP contribution in [0.15, 0.2) is 46.8 Å². The number of rotatable bonds is 4. The number of aromatic nitrogens is 1. The van der Waals surface area contributed by atoms with Crippen LogP contribution >= 0.6 is 11.3 Å². The Morgan fingerprint density at radius 3 is 2.72 bits per heavy atom. The Morgan fingerprint density at radius 2 is 2.00 bits per heavy atom. The molecule has 1 aromatic heterocycles. The van der Waals surface area contributed by atoms with Crippen LogP contribution in [-0.2, 0) is 0 Å². The largest absolute Gasteiger partial charge is 0.872 e. The van der Waals surface area contributed by atoms with Gasteiger partial charge in [0.2, 0.25) is 5.13 Å². The fourth-order valence-electron chi connectivity index (χ4n) is 2.06. The van der Waals surface area contributed by atoms with Crippen molar-refractivity contribution < 1.29 is 20.2 Å². The van der Waals surface area contributed by atoms with Crippen molar-refractivity contribution in [3.05, 3.63) is 57.5 Å². The molecule has 8 nitrogen and oxygen atoms in total. The fourth-order valence-corrected chi connectivity index (χ4v) is 2.72. The van der Waals surface area contributed by atoms with E-state index in [9.17, 15) is 25.4 Å². The third-order valence-electron chi connectivity index (χ3n) is 3.27. The number of nitro groups is 1. The van der Waals surface area contributed by atoms with E-state index in [0.29, 0.717) is 16.4 Å². The van der Waals surface area contributed by atoms with E-state index in [0.717, 1.165) is 18.2 Å². The van der Waals surface area contributed by atoms with Crippen molar-refractivity contribution in [2.24, 2.45) is 4.99 Å². The zero-order valence-corrected chi connectivity index (χ0v) is 13.3. The summed E-state index contributed by atoms with van der Waals surface area (Å²) in [5, 5.41) is 43.6. The van der Waals surface area contributed by atoms with E-state index in [-0.39, 0.29) is 28.5 Å². The summed E-state index contributed by atoms with van der Waals surface area (Å²) in [6.45, 7) is 0. The highest BCUT2D eigenvalue weighted by molar-refractivity contribution is 7.13. The average Bonchev–Trinajstić information content (AvgIpc) is 3.02. The molecule has 0 saturated carbocycles. The first kappa shape index (κ1) is 16.4. The van der Waals surface area contributed by atoms with Crippen LogP contribution in [0.5, 0.6) is 17.2 Å². The van der Waals surface area contributed by atoms with E-state index in [2.05, 4.69) is 9.98 Å². The second kappa shape index (κ2) is 6.57. The number of benzene rings is 2. The highest BCUT2D eigenvalue weighted by Crippen LogP contribution is 2.34. The summed E-state index contributed by atoms with van der Waals surface area (Å²) in [6.07, 6.45) is 1.22. The molecular weight excluding hydrogens is 346 g/mol. The smallest absolute Gasteiger partial charge is 0.270 e. The lowest BCUT2D eigenvalue weighted by Crippen LogP contribution is -1.98. The van der Waals surface area contributed by atoms with E-state index in [4.69, 9.17) is 0 Å². The van der Waals surface area contributed by atoms with Crippen LogP contribution in [0.25, 0.3) is 11.3 Å². The summed E-state index contributed by atoms with van der Waals surface area (Å²) in [4.78, 5) is 18.4. The van der Waals surface area contributed by atoms with Gasteiger partial charge in [0.1, 0.15) is 11.5 Å². The normalized spacial score (nSPS) is 11.0. The first-order valence-electron chi connectivity index (χ1n) is 6.91. The Bertz CT molecular complexity index is 984. The van der Waals surface area contributed by atoms with Crippen molar-refractivity contribution in [2.45, 2.75) is 0 Å². The highest BCUT2D eigenvalue weighted by Gasteiger charge is 2.10. The minimum atomic E-state index is -0.591.